The summed E-state index contributed by atoms with van der Waals surface area (Å²) in [5.41, 5.74) is 2.75. The number of carbonyl (C=O) groups excluding carboxylic acids is 1. The number of thiocarbonyl (C=S) groups is 1. The third-order valence-electron chi connectivity index (χ3n) is 3.67. The first kappa shape index (κ1) is 17.5. The molecule has 0 saturated carbocycles. The average molecular weight is 367 g/mol. The van der Waals surface area contributed by atoms with Crippen LogP contribution in [0.3, 0.4) is 0 Å². The van der Waals surface area contributed by atoms with Gasteiger partial charge in [0.1, 0.15) is 5.75 Å². The number of rotatable bonds is 4. The Bertz CT molecular complexity index is 872. The van der Waals surface area contributed by atoms with Crippen molar-refractivity contribution in [1.29, 1.82) is 0 Å². The Balaban J connectivity index is 1.90. The van der Waals surface area contributed by atoms with Crippen LogP contribution in [-0.2, 0) is 4.79 Å². The Hall–Kier alpha value is -2.37. The molecule has 3 rings (SSSR count). The summed E-state index contributed by atoms with van der Waals surface area (Å²) in [6.07, 6.45) is 3.91. The molecule has 0 atom stereocenters. The van der Waals surface area contributed by atoms with Gasteiger partial charge >= 0.3 is 0 Å². The summed E-state index contributed by atoms with van der Waals surface area (Å²) in [5.74, 6) is 0.497. The predicted molar refractivity (Wildman–Crippen MR) is 109 cm³/mol. The second kappa shape index (κ2) is 7.68. The van der Waals surface area contributed by atoms with Gasteiger partial charge in [0.15, 0.2) is 4.32 Å². The number of hydrogen-bond acceptors (Lipinski definition) is 4. The van der Waals surface area contributed by atoms with E-state index < -0.39 is 0 Å². The molecule has 1 fully saturated rings. The zero-order valence-electron chi connectivity index (χ0n) is 13.9. The van der Waals surface area contributed by atoms with E-state index in [9.17, 15) is 4.79 Å². The second-order valence-electron chi connectivity index (χ2n) is 5.49. The van der Waals surface area contributed by atoms with Crippen LogP contribution in [0, 0.1) is 0 Å². The van der Waals surface area contributed by atoms with Gasteiger partial charge in [-0.25, -0.2) is 0 Å². The summed E-state index contributed by atoms with van der Waals surface area (Å²) in [7, 11) is 1.58. The summed E-state index contributed by atoms with van der Waals surface area (Å²) in [5, 5.41) is 0. The molecule has 126 valence electrons. The largest absolute Gasteiger partial charge is 0.495 e. The molecule has 25 heavy (non-hydrogen) atoms. The summed E-state index contributed by atoms with van der Waals surface area (Å²) >= 11 is 6.73. The summed E-state index contributed by atoms with van der Waals surface area (Å²) < 4.78 is 5.86. The van der Waals surface area contributed by atoms with Crippen LogP contribution in [0.2, 0.25) is 0 Å². The van der Waals surface area contributed by atoms with Crippen molar-refractivity contribution in [3.63, 3.8) is 0 Å². The van der Waals surface area contributed by atoms with E-state index in [-0.39, 0.29) is 5.91 Å². The Labute approximate surface area is 157 Å². The average Bonchev–Trinajstić information content (AvgIpc) is 2.89. The number of amides is 1. The standard InChI is InChI=1S/C20H17NO2S2/c1-14(12-15-8-4-3-5-9-15)13-18-19(22)21(20(24)25-18)16-10-6-7-11-17(16)23-2/h3-13H,1-2H3/b14-12?,18-13-. The van der Waals surface area contributed by atoms with Gasteiger partial charge < -0.3 is 4.74 Å². The van der Waals surface area contributed by atoms with Gasteiger partial charge in [-0.15, -0.1) is 0 Å². The quantitative estimate of drug-likeness (QED) is 0.559. The van der Waals surface area contributed by atoms with Crippen LogP contribution in [0.25, 0.3) is 6.08 Å². The Morgan fingerprint density at radius 1 is 1.12 bits per heavy atom. The Morgan fingerprint density at radius 3 is 2.52 bits per heavy atom. The molecule has 0 aliphatic carbocycles. The maximum atomic E-state index is 12.8. The molecular formula is C20H17NO2S2. The van der Waals surface area contributed by atoms with Crippen LogP contribution in [0.4, 0.5) is 5.69 Å². The van der Waals surface area contributed by atoms with Gasteiger partial charge in [0.25, 0.3) is 5.91 Å². The number of methoxy groups -OCH3 is 1. The normalized spacial score (nSPS) is 16.6. The number of benzene rings is 2. The minimum absolute atomic E-state index is 0.125. The van der Waals surface area contributed by atoms with E-state index in [1.54, 1.807) is 7.11 Å². The first-order chi connectivity index (χ1) is 12.1. The summed E-state index contributed by atoms with van der Waals surface area (Å²) in [6, 6.07) is 17.4. The first-order valence-electron chi connectivity index (χ1n) is 7.74. The van der Waals surface area contributed by atoms with E-state index in [0.29, 0.717) is 20.7 Å². The van der Waals surface area contributed by atoms with E-state index in [1.807, 2.05) is 73.7 Å². The third kappa shape index (κ3) is 3.83. The summed E-state index contributed by atoms with van der Waals surface area (Å²) in [6.45, 7) is 1.97. The lowest BCUT2D eigenvalue weighted by Crippen LogP contribution is -2.27. The number of allylic oxidation sites excluding steroid dienone is 2. The molecule has 1 heterocycles. The number of carbonyl (C=O) groups is 1. The van der Waals surface area contributed by atoms with Crippen LogP contribution >= 0.6 is 24.0 Å². The fourth-order valence-corrected chi connectivity index (χ4v) is 3.89. The number of nitrogens with zero attached hydrogens (tertiary/aromatic N) is 1. The van der Waals surface area contributed by atoms with Gasteiger partial charge in [-0.1, -0.05) is 72.5 Å². The van der Waals surface area contributed by atoms with Gasteiger partial charge in [-0.05, 0) is 36.3 Å². The van der Waals surface area contributed by atoms with Crippen LogP contribution < -0.4 is 9.64 Å². The van der Waals surface area contributed by atoms with Crippen LogP contribution in [0.5, 0.6) is 5.75 Å². The van der Waals surface area contributed by atoms with E-state index in [4.69, 9.17) is 17.0 Å². The molecule has 1 aliphatic heterocycles. The van der Waals surface area contributed by atoms with Crippen LogP contribution in [-0.4, -0.2) is 17.3 Å². The van der Waals surface area contributed by atoms with Crippen molar-refractivity contribution >= 4 is 46.0 Å². The molecule has 0 radical (unpaired) electrons. The van der Waals surface area contributed by atoms with Crippen LogP contribution in [0.1, 0.15) is 12.5 Å². The number of hydrogen-bond donors (Lipinski definition) is 0. The fourth-order valence-electron chi connectivity index (χ4n) is 2.55. The van der Waals surface area contributed by atoms with Gasteiger partial charge in [-0.2, -0.15) is 0 Å². The minimum Gasteiger partial charge on any atom is -0.495 e. The molecule has 2 aromatic carbocycles. The third-order valence-corrected chi connectivity index (χ3v) is 4.97. The van der Waals surface area contributed by atoms with Gasteiger partial charge in [0.2, 0.25) is 0 Å². The maximum Gasteiger partial charge on any atom is 0.270 e. The monoisotopic (exact) mass is 367 g/mol. The highest BCUT2D eigenvalue weighted by Gasteiger charge is 2.34. The van der Waals surface area contributed by atoms with Gasteiger partial charge in [0.05, 0.1) is 17.7 Å². The molecule has 0 N–H and O–H groups in total. The molecule has 1 amide bonds. The smallest absolute Gasteiger partial charge is 0.270 e. The zero-order valence-corrected chi connectivity index (χ0v) is 15.6. The van der Waals surface area contributed by atoms with Crippen LogP contribution in [0.15, 0.2) is 71.2 Å². The zero-order chi connectivity index (χ0) is 17.8. The Kier molecular flexibility index (Phi) is 5.36. The lowest BCUT2D eigenvalue weighted by molar-refractivity contribution is -0.113. The molecule has 0 spiro atoms. The first-order valence-corrected chi connectivity index (χ1v) is 8.97. The lowest BCUT2D eigenvalue weighted by atomic mass is 10.1. The van der Waals surface area contributed by atoms with E-state index in [0.717, 1.165) is 11.1 Å². The van der Waals surface area contributed by atoms with Crippen molar-refractivity contribution in [2.75, 3.05) is 12.0 Å². The Morgan fingerprint density at radius 2 is 1.80 bits per heavy atom. The molecule has 0 aromatic heterocycles. The molecule has 1 aliphatic rings. The molecule has 5 heteroatoms. The van der Waals surface area contributed by atoms with Crippen molar-refractivity contribution in [3.05, 3.63) is 76.7 Å². The molecule has 0 bridgehead atoms. The van der Waals surface area contributed by atoms with E-state index in [1.165, 1.54) is 16.7 Å². The van der Waals surface area contributed by atoms with E-state index in [2.05, 4.69) is 0 Å². The molecule has 0 unspecified atom stereocenters. The van der Waals surface area contributed by atoms with Crippen molar-refractivity contribution in [2.24, 2.45) is 0 Å². The highest BCUT2D eigenvalue weighted by atomic mass is 32.2. The van der Waals surface area contributed by atoms with E-state index >= 15 is 0 Å². The number of para-hydroxylation sites is 2. The van der Waals surface area contributed by atoms with Gasteiger partial charge in [-0.3, -0.25) is 9.69 Å². The molecule has 2 aromatic rings. The summed E-state index contributed by atoms with van der Waals surface area (Å²) in [4.78, 5) is 15.0. The van der Waals surface area contributed by atoms with Crippen molar-refractivity contribution in [3.8, 4) is 5.75 Å². The number of ether oxygens (including phenoxy) is 1. The maximum absolute atomic E-state index is 12.8. The number of thioether (sulfide) groups is 1. The van der Waals surface area contributed by atoms with Crippen molar-refractivity contribution in [2.45, 2.75) is 6.92 Å². The predicted octanol–water partition coefficient (Wildman–Crippen LogP) is 5.05. The fraction of sp³-hybridized carbons (Fsp3) is 0.100. The lowest BCUT2D eigenvalue weighted by Gasteiger charge is -2.17. The number of anilines is 1. The molecule has 1 saturated heterocycles. The van der Waals surface area contributed by atoms with Crippen molar-refractivity contribution in [1.82, 2.24) is 0 Å². The highest BCUT2D eigenvalue weighted by molar-refractivity contribution is 8.27. The minimum atomic E-state index is -0.125. The highest BCUT2D eigenvalue weighted by Crippen LogP contribution is 2.39. The molecule has 3 nitrogen and oxygen atoms in total. The second-order valence-corrected chi connectivity index (χ2v) is 7.16. The SMILES string of the molecule is COc1ccccc1N1C(=O)/C(=C/C(C)=Cc2ccccc2)SC1=S. The van der Waals surface area contributed by atoms with Gasteiger partial charge in [0, 0.05) is 0 Å². The van der Waals surface area contributed by atoms with Crippen molar-refractivity contribution < 1.29 is 9.53 Å². The topological polar surface area (TPSA) is 29.5 Å². The molecular weight excluding hydrogens is 350 g/mol.